The predicted octanol–water partition coefficient (Wildman–Crippen LogP) is 4.19. The quantitative estimate of drug-likeness (QED) is 0.268. The Balaban J connectivity index is 1.36. The molecule has 3 heterocycles. The van der Waals surface area contributed by atoms with E-state index in [0.717, 1.165) is 37.9 Å². The van der Waals surface area contributed by atoms with Gasteiger partial charge >= 0.3 is 5.97 Å². The number of unbranched alkanes of at least 4 members (excludes halogenated alkanes) is 1. The standard InChI is InChI=1S/C29H34ClN7O4/c1-3-4-14-41-27(38)19-36-10-5-11-37(13-12-36)26-18-31-24(17-33-26)29(40)34-23-8-6-20(2)15-22(23)28(39)35-25-9-7-21(30)16-32-25/h6-9,15-18H,3-5,10-14,19H2,1-2H3,(H,34,40)(H,32,35,39). The highest BCUT2D eigenvalue weighted by molar-refractivity contribution is 6.30. The fourth-order valence-corrected chi connectivity index (χ4v) is 4.40. The summed E-state index contributed by atoms with van der Waals surface area (Å²) in [6, 6.07) is 8.37. The smallest absolute Gasteiger partial charge is 0.320 e. The van der Waals surface area contributed by atoms with Crippen molar-refractivity contribution < 1.29 is 19.1 Å². The van der Waals surface area contributed by atoms with Gasteiger partial charge in [0.2, 0.25) is 0 Å². The number of pyridine rings is 1. The van der Waals surface area contributed by atoms with Crippen molar-refractivity contribution in [1.82, 2.24) is 19.9 Å². The molecule has 0 atom stereocenters. The number of nitrogens with one attached hydrogen (secondary N) is 2. The molecule has 11 nitrogen and oxygen atoms in total. The van der Waals surface area contributed by atoms with Gasteiger partial charge in [0.1, 0.15) is 17.3 Å². The minimum Gasteiger partial charge on any atom is -0.465 e. The van der Waals surface area contributed by atoms with Gasteiger partial charge in [-0.15, -0.1) is 0 Å². The van der Waals surface area contributed by atoms with Gasteiger partial charge < -0.3 is 20.3 Å². The maximum atomic E-state index is 13.0. The number of hydrogen-bond donors (Lipinski definition) is 2. The Morgan fingerprint density at radius 1 is 0.951 bits per heavy atom. The molecule has 2 N–H and O–H groups in total. The van der Waals surface area contributed by atoms with E-state index in [4.69, 9.17) is 16.3 Å². The lowest BCUT2D eigenvalue weighted by atomic mass is 10.1. The van der Waals surface area contributed by atoms with Gasteiger partial charge in [-0.3, -0.25) is 19.3 Å². The van der Waals surface area contributed by atoms with Crippen LogP contribution in [0.25, 0.3) is 0 Å². The highest BCUT2D eigenvalue weighted by Gasteiger charge is 2.20. The zero-order chi connectivity index (χ0) is 29.2. The fourth-order valence-electron chi connectivity index (χ4n) is 4.29. The van der Waals surface area contributed by atoms with Crippen LogP contribution >= 0.6 is 11.6 Å². The van der Waals surface area contributed by atoms with Gasteiger partial charge in [0.05, 0.1) is 41.8 Å². The van der Waals surface area contributed by atoms with E-state index in [2.05, 4.69) is 42.3 Å². The Labute approximate surface area is 244 Å². The van der Waals surface area contributed by atoms with E-state index in [9.17, 15) is 14.4 Å². The van der Waals surface area contributed by atoms with Gasteiger partial charge in [0.25, 0.3) is 11.8 Å². The summed E-state index contributed by atoms with van der Waals surface area (Å²) in [6.45, 7) is 7.56. The third-order valence-corrected chi connectivity index (χ3v) is 6.76. The SMILES string of the molecule is CCCCOC(=O)CN1CCCN(c2cnc(C(=O)Nc3ccc(C)cc3C(=O)Nc3ccc(Cl)cn3)cn2)CC1. The van der Waals surface area contributed by atoms with Crippen molar-refractivity contribution in [1.29, 1.82) is 0 Å². The van der Waals surface area contributed by atoms with E-state index in [1.54, 1.807) is 36.5 Å². The van der Waals surface area contributed by atoms with Crippen LogP contribution in [0.3, 0.4) is 0 Å². The molecular formula is C29H34ClN7O4. The molecule has 216 valence electrons. The van der Waals surface area contributed by atoms with Crippen molar-refractivity contribution in [2.75, 3.05) is 54.9 Å². The monoisotopic (exact) mass is 579 g/mol. The van der Waals surface area contributed by atoms with Gasteiger partial charge in [-0.25, -0.2) is 15.0 Å². The van der Waals surface area contributed by atoms with Gasteiger partial charge in [0, 0.05) is 32.4 Å². The number of hydrogen-bond acceptors (Lipinski definition) is 9. The average Bonchev–Trinajstić information content (AvgIpc) is 3.21. The largest absolute Gasteiger partial charge is 0.465 e. The molecule has 3 aromatic rings. The Hall–Kier alpha value is -4.09. The predicted molar refractivity (Wildman–Crippen MR) is 158 cm³/mol. The van der Waals surface area contributed by atoms with Crippen LogP contribution in [0.1, 0.15) is 52.6 Å². The summed E-state index contributed by atoms with van der Waals surface area (Å²) < 4.78 is 5.29. The van der Waals surface area contributed by atoms with Crippen molar-refractivity contribution in [3.05, 3.63) is 70.8 Å². The van der Waals surface area contributed by atoms with Gasteiger partial charge in [-0.2, -0.15) is 0 Å². The molecule has 0 radical (unpaired) electrons. The van der Waals surface area contributed by atoms with Crippen LogP contribution in [0.2, 0.25) is 5.02 Å². The number of ether oxygens (including phenoxy) is 1. The van der Waals surface area contributed by atoms with Gasteiger partial charge in [-0.1, -0.05) is 36.6 Å². The maximum absolute atomic E-state index is 13.0. The lowest BCUT2D eigenvalue weighted by molar-refractivity contribution is -0.145. The van der Waals surface area contributed by atoms with Crippen LogP contribution < -0.4 is 15.5 Å². The second-order valence-corrected chi connectivity index (χ2v) is 10.2. The Morgan fingerprint density at radius 2 is 1.80 bits per heavy atom. The number of halogens is 1. The van der Waals surface area contributed by atoms with E-state index in [1.165, 1.54) is 12.4 Å². The molecule has 1 fully saturated rings. The van der Waals surface area contributed by atoms with Crippen LogP contribution in [-0.2, 0) is 9.53 Å². The summed E-state index contributed by atoms with van der Waals surface area (Å²) in [6.07, 6.45) is 7.14. The van der Waals surface area contributed by atoms with Gasteiger partial charge in [0.15, 0.2) is 0 Å². The first kappa shape index (κ1) is 29.9. The molecule has 12 heteroatoms. The molecule has 0 spiro atoms. The summed E-state index contributed by atoms with van der Waals surface area (Å²) in [4.78, 5) is 55.1. The summed E-state index contributed by atoms with van der Waals surface area (Å²) >= 11 is 5.87. The maximum Gasteiger partial charge on any atom is 0.320 e. The first-order valence-corrected chi connectivity index (χ1v) is 14.0. The topological polar surface area (TPSA) is 130 Å². The Kier molecular flexibility index (Phi) is 10.6. The van der Waals surface area contributed by atoms with Crippen LogP contribution in [0.4, 0.5) is 17.3 Å². The van der Waals surface area contributed by atoms with Gasteiger partial charge in [-0.05, 0) is 44.0 Å². The first-order chi connectivity index (χ1) is 19.8. The molecule has 2 aromatic heterocycles. The third kappa shape index (κ3) is 8.70. The number of nitrogens with zero attached hydrogens (tertiary/aromatic N) is 5. The number of benzene rings is 1. The number of carbonyl (C=O) groups is 3. The van der Waals surface area contributed by atoms with E-state index in [1.807, 2.05) is 6.92 Å². The molecular weight excluding hydrogens is 546 g/mol. The lowest BCUT2D eigenvalue weighted by Gasteiger charge is -2.22. The molecule has 0 bridgehead atoms. The molecule has 41 heavy (non-hydrogen) atoms. The Bertz CT molecular complexity index is 1350. The van der Waals surface area contributed by atoms with Crippen molar-refractivity contribution >= 4 is 46.7 Å². The van der Waals surface area contributed by atoms with Crippen molar-refractivity contribution in [2.24, 2.45) is 0 Å². The number of esters is 1. The molecule has 4 rings (SSSR count). The van der Waals surface area contributed by atoms with Crippen LogP contribution in [0, 0.1) is 6.92 Å². The molecule has 0 unspecified atom stereocenters. The number of anilines is 3. The van der Waals surface area contributed by atoms with Crippen molar-refractivity contribution in [3.63, 3.8) is 0 Å². The number of aryl methyl sites for hydroxylation is 1. The third-order valence-electron chi connectivity index (χ3n) is 6.53. The Morgan fingerprint density at radius 3 is 2.54 bits per heavy atom. The number of aromatic nitrogens is 3. The number of rotatable bonds is 10. The normalized spacial score (nSPS) is 13.8. The van der Waals surface area contributed by atoms with Crippen LogP contribution in [-0.4, -0.2) is 77.0 Å². The van der Waals surface area contributed by atoms with E-state index in [0.29, 0.717) is 42.0 Å². The number of amides is 2. The average molecular weight is 580 g/mol. The van der Waals surface area contributed by atoms with Crippen LogP contribution in [0.15, 0.2) is 48.9 Å². The van der Waals surface area contributed by atoms with E-state index < -0.39 is 11.8 Å². The van der Waals surface area contributed by atoms with Crippen molar-refractivity contribution in [2.45, 2.75) is 33.1 Å². The minimum atomic E-state index is -0.491. The highest BCUT2D eigenvalue weighted by Crippen LogP contribution is 2.21. The highest BCUT2D eigenvalue weighted by atomic mass is 35.5. The molecule has 2 amide bonds. The fraction of sp³-hybridized carbons (Fsp3) is 0.379. The molecule has 1 saturated heterocycles. The molecule has 0 aliphatic carbocycles. The second kappa shape index (κ2) is 14.5. The zero-order valence-corrected chi connectivity index (χ0v) is 24.0. The summed E-state index contributed by atoms with van der Waals surface area (Å²) in [5, 5.41) is 5.95. The van der Waals surface area contributed by atoms with E-state index in [-0.39, 0.29) is 23.8 Å². The van der Waals surface area contributed by atoms with Crippen molar-refractivity contribution in [3.8, 4) is 0 Å². The summed E-state index contributed by atoms with van der Waals surface area (Å²) in [5.41, 5.74) is 1.58. The first-order valence-electron chi connectivity index (χ1n) is 13.6. The molecule has 0 saturated carbocycles. The molecule has 1 aliphatic rings. The summed E-state index contributed by atoms with van der Waals surface area (Å²) in [7, 11) is 0. The number of carbonyl (C=O) groups excluding carboxylic acids is 3. The summed E-state index contributed by atoms with van der Waals surface area (Å²) in [5.74, 6) is -0.124. The van der Waals surface area contributed by atoms with E-state index >= 15 is 0 Å². The lowest BCUT2D eigenvalue weighted by Crippen LogP contribution is -2.35. The molecule has 1 aliphatic heterocycles. The second-order valence-electron chi connectivity index (χ2n) is 9.77. The zero-order valence-electron chi connectivity index (χ0n) is 23.2. The minimum absolute atomic E-state index is 0.117. The van der Waals surface area contributed by atoms with Crippen LogP contribution in [0.5, 0.6) is 0 Å². The molecule has 1 aromatic carbocycles.